The lowest BCUT2D eigenvalue weighted by Gasteiger charge is -2.30. The van der Waals surface area contributed by atoms with Gasteiger partial charge in [-0.2, -0.15) is 4.31 Å². The van der Waals surface area contributed by atoms with Gasteiger partial charge in [-0.15, -0.1) is 0 Å². The average molecular weight is 412 g/mol. The van der Waals surface area contributed by atoms with E-state index in [0.29, 0.717) is 37.4 Å². The molecule has 150 valence electrons. The summed E-state index contributed by atoms with van der Waals surface area (Å²) in [5.41, 5.74) is 1.48. The number of hydrogen-bond acceptors (Lipinski definition) is 6. The number of aromatic nitrogens is 2. The summed E-state index contributed by atoms with van der Waals surface area (Å²) in [6.07, 6.45) is 6.77. The summed E-state index contributed by atoms with van der Waals surface area (Å²) in [5.74, 6) is 0.262. The van der Waals surface area contributed by atoms with Gasteiger partial charge in [0.1, 0.15) is 4.90 Å². The number of nitrogens with one attached hydrogen (secondary N) is 1. The first-order valence-electron chi connectivity index (χ1n) is 9.24. The maximum atomic E-state index is 12.7. The lowest BCUT2D eigenvalue weighted by Crippen LogP contribution is -2.41. The van der Waals surface area contributed by atoms with E-state index in [1.165, 1.54) is 29.2 Å². The number of carbonyl (C=O) groups is 1. The number of piperidine rings is 1. The van der Waals surface area contributed by atoms with Gasteiger partial charge in [-0.25, -0.2) is 13.4 Å². The number of amides is 1. The third-order valence-electron chi connectivity index (χ3n) is 4.94. The van der Waals surface area contributed by atoms with Gasteiger partial charge in [0.15, 0.2) is 12.2 Å². The van der Waals surface area contributed by atoms with Crippen molar-refractivity contribution in [2.24, 2.45) is 5.92 Å². The Kier molecular flexibility index (Phi) is 5.41. The van der Waals surface area contributed by atoms with Gasteiger partial charge in [0.05, 0.1) is 6.20 Å². The third-order valence-corrected chi connectivity index (χ3v) is 6.83. The maximum absolute atomic E-state index is 12.7. The molecule has 1 aliphatic heterocycles. The smallest absolute Gasteiger partial charge is 0.244 e. The highest BCUT2D eigenvalue weighted by molar-refractivity contribution is 7.89. The number of carbonyl (C=O) groups excluding carboxylic acids is 1. The van der Waals surface area contributed by atoms with Gasteiger partial charge >= 0.3 is 0 Å². The second-order valence-corrected chi connectivity index (χ2v) is 8.74. The van der Waals surface area contributed by atoms with Gasteiger partial charge in [0, 0.05) is 42.7 Å². The molecule has 1 fully saturated rings. The molecule has 0 unspecified atom stereocenters. The zero-order chi connectivity index (χ0) is 20.3. The van der Waals surface area contributed by atoms with Gasteiger partial charge in [-0.3, -0.25) is 9.78 Å². The molecule has 0 atom stereocenters. The van der Waals surface area contributed by atoms with Crippen molar-refractivity contribution in [3.8, 4) is 11.3 Å². The number of sulfonamides is 1. The molecule has 1 saturated heterocycles. The Balaban J connectivity index is 1.38. The highest BCUT2D eigenvalue weighted by Gasteiger charge is 2.32. The standard InChI is InChI=1S/C20H20N4O4S/c25-20(23-17-4-1-3-16(11-17)19-13-22-14-28-19)15-6-9-24(10-7-15)29(26,27)18-5-2-8-21-12-18/h1-5,8,11-15H,6-7,9-10H2,(H,23,25). The fourth-order valence-electron chi connectivity index (χ4n) is 3.36. The van der Waals surface area contributed by atoms with Gasteiger partial charge in [-0.05, 0) is 37.1 Å². The fourth-order valence-corrected chi connectivity index (χ4v) is 4.79. The van der Waals surface area contributed by atoms with E-state index in [4.69, 9.17) is 4.42 Å². The van der Waals surface area contributed by atoms with Crippen LogP contribution >= 0.6 is 0 Å². The van der Waals surface area contributed by atoms with Crippen molar-refractivity contribution in [2.75, 3.05) is 18.4 Å². The Morgan fingerprint density at radius 3 is 2.62 bits per heavy atom. The van der Waals surface area contributed by atoms with Crippen molar-refractivity contribution in [2.45, 2.75) is 17.7 Å². The molecule has 8 nitrogen and oxygen atoms in total. The van der Waals surface area contributed by atoms with Crippen LogP contribution in [-0.2, 0) is 14.8 Å². The van der Waals surface area contributed by atoms with Crippen molar-refractivity contribution in [3.05, 3.63) is 61.4 Å². The van der Waals surface area contributed by atoms with Crippen LogP contribution in [0.1, 0.15) is 12.8 Å². The average Bonchev–Trinajstić information content (AvgIpc) is 3.30. The Bertz CT molecular complexity index is 1080. The SMILES string of the molecule is O=C(Nc1cccc(-c2cnco2)c1)C1CCN(S(=O)(=O)c2cccnc2)CC1. The summed E-state index contributed by atoms with van der Waals surface area (Å²) in [6.45, 7) is 0.598. The van der Waals surface area contributed by atoms with Crippen molar-refractivity contribution in [3.63, 3.8) is 0 Å². The number of pyridine rings is 1. The first kappa shape index (κ1) is 19.3. The van der Waals surface area contributed by atoms with E-state index in [9.17, 15) is 13.2 Å². The Morgan fingerprint density at radius 2 is 1.93 bits per heavy atom. The molecular weight excluding hydrogens is 392 g/mol. The van der Waals surface area contributed by atoms with Crippen molar-refractivity contribution in [1.29, 1.82) is 0 Å². The first-order chi connectivity index (χ1) is 14.0. The molecule has 9 heteroatoms. The Labute approximate surface area is 168 Å². The van der Waals surface area contributed by atoms with E-state index in [-0.39, 0.29) is 16.7 Å². The lowest BCUT2D eigenvalue weighted by molar-refractivity contribution is -0.120. The van der Waals surface area contributed by atoms with E-state index in [1.54, 1.807) is 18.3 Å². The van der Waals surface area contributed by atoms with Crippen molar-refractivity contribution < 1.29 is 17.6 Å². The number of rotatable bonds is 5. The predicted molar refractivity (Wildman–Crippen MR) is 106 cm³/mol. The molecule has 0 radical (unpaired) electrons. The van der Waals surface area contributed by atoms with Crippen LogP contribution < -0.4 is 5.32 Å². The summed E-state index contributed by atoms with van der Waals surface area (Å²) < 4.78 is 32.1. The highest BCUT2D eigenvalue weighted by atomic mass is 32.2. The molecule has 3 heterocycles. The summed E-state index contributed by atoms with van der Waals surface area (Å²) in [5, 5.41) is 2.92. The normalized spacial score (nSPS) is 15.9. The molecule has 1 N–H and O–H groups in total. The van der Waals surface area contributed by atoms with Crippen LogP contribution in [0.3, 0.4) is 0 Å². The van der Waals surface area contributed by atoms with Crippen molar-refractivity contribution in [1.82, 2.24) is 14.3 Å². The summed E-state index contributed by atoms with van der Waals surface area (Å²) in [7, 11) is -3.58. The molecule has 0 bridgehead atoms. The Morgan fingerprint density at radius 1 is 1.10 bits per heavy atom. The van der Waals surface area contributed by atoms with Crippen LogP contribution in [0.25, 0.3) is 11.3 Å². The minimum atomic E-state index is -3.58. The summed E-state index contributed by atoms with van der Waals surface area (Å²) in [4.78, 5) is 20.6. The number of nitrogens with zero attached hydrogens (tertiary/aromatic N) is 3. The first-order valence-corrected chi connectivity index (χ1v) is 10.7. The lowest BCUT2D eigenvalue weighted by atomic mass is 9.97. The highest BCUT2D eigenvalue weighted by Crippen LogP contribution is 2.26. The molecule has 29 heavy (non-hydrogen) atoms. The minimum absolute atomic E-state index is 0.113. The molecule has 4 rings (SSSR count). The minimum Gasteiger partial charge on any atom is -0.444 e. The largest absolute Gasteiger partial charge is 0.444 e. The van der Waals surface area contributed by atoms with Gasteiger partial charge in [-0.1, -0.05) is 12.1 Å². The van der Waals surface area contributed by atoms with Crippen LogP contribution in [0.4, 0.5) is 5.69 Å². The molecule has 1 amide bonds. The molecule has 0 saturated carbocycles. The second kappa shape index (κ2) is 8.14. The van der Waals surface area contributed by atoms with E-state index in [0.717, 1.165) is 5.56 Å². The van der Waals surface area contributed by atoms with E-state index in [2.05, 4.69) is 15.3 Å². The van der Waals surface area contributed by atoms with Gasteiger partial charge in [0.25, 0.3) is 0 Å². The predicted octanol–water partition coefficient (Wildman–Crippen LogP) is 2.78. The van der Waals surface area contributed by atoms with E-state index < -0.39 is 10.0 Å². The summed E-state index contributed by atoms with van der Waals surface area (Å²) >= 11 is 0. The van der Waals surface area contributed by atoms with Crippen LogP contribution in [0, 0.1) is 5.92 Å². The molecule has 2 aromatic heterocycles. The molecule has 1 aromatic carbocycles. The van der Waals surface area contributed by atoms with Crippen LogP contribution in [0.2, 0.25) is 0 Å². The molecule has 3 aromatic rings. The third kappa shape index (κ3) is 4.20. The number of hydrogen-bond donors (Lipinski definition) is 1. The number of benzene rings is 1. The monoisotopic (exact) mass is 412 g/mol. The second-order valence-electron chi connectivity index (χ2n) is 6.80. The van der Waals surface area contributed by atoms with E-state index in [1.807, 2.05) is 18.2 Å². The topological polar surface area (TPSA) is 105 Å². The quantitative estimate of drug-likeness (QED) is 0.691. The van der Waals surface area contributed by atoms with Gasteiger partial charge < -0.3 is 9.73 Å². The number of oxazole rings is 1. The maximum Gasteiger partial charge on any atom is 0.244 e. The fraction of sp³-hybridized carbons (Fsp3) is 0.250. The van der Waals surface area contributed by atoms with Crippen LogP contribution in [-0.4, -0.2) is 41.7 Å². The Hall–Kier alpha value is -3.04. The molecule has 0 aliphatic carbocycles. The molecular formula is C20H20N4O4S. The van der Waals surface area contributed by atoms with Gasteiger partial charge in [0.2, 0.25) is 15.9 Å². The van der Waals surface area contributed by atoms with Crippen LogP contribution in [0.15, 0.2) is 70.7 Å². The van der Waals surface area contributed by atoms with Crippen LogP contribution in [0.5, 0.6) is 0 Å². The number of anilines is 1. The zero-order valence-corrected chi connectivity index (χ0v) is 16.4. The van der Waals surface area contributed by atoms with E-state index >= 15 is 0 Å². The molecule has 1 aliphatic rings. The van der Waals surface area contributed by atoms with Crippen molar-refractivity contribution >= 4 is 21.6 Å². The zero-order valence-electron chi connectivity index (χ0n) is 15.6. The molecule has 0 spiro atoms. The summed E-state index contributed by atoms with van der Waals surface area (Å²) in [6, 6.07) is 10.5.